The molecule has 3 aliphatic heterocycles. The Morgan fingerprint density at radius 1 is 0.946 bits per heavy atom. The van der Waals surface area contributed by atoms with E-state index < -0.39 is 0 Å². The molecule has 2 fully saturated rings. The number of likely N-dealkylation sites (tertiary alicyclic amines) is 1. The largest absolute Gasteiger partial charge is 0.503 e. The topological polar surface area (TPSA) is 79.9 Å². The molecule has 2 bridgehead atoms. The Morgan fingerprint density at radius 3 is 2.62 bits per heavy atom. The number of rotatable bonds is 5. The minimum Gasteiger partial charge on any atom is -0.503 e. The summed E-state index contributed by atoms with van der Waals surface area (Å²) in [4.78, 5) is 29.8. The third-order valence-corrected chi connectivity index (χ3v) is 8.28. The molecule has 0 spiro atoms. The van der Waals surface area contributed by atoms with Crippen molar-refractivity contribution in [3.8, 4) is 5.75 Å². The summed E-state index contributed by atoms with van der Waals surface area (Å²) >= 11 is 0. The third kappa shape index (κ3) is 4.77. The smallest absolute Gasteiger partial charge is 0.250 e. The highest BCUT2D eigenvalue weighted by Gasteiger charge is 2.35. The molecule has 0 amide bonds. The first kappa shape index (κ1) is 24.2. The van der Waals surface area contributed by atoms with E-state index in [0.29, 0.717) is 43.8 Å². The van der Waals surface area contributed by atoms with Crippen molar-refractivity contribution in [2.45, 2.75) is 38.1 Å². The molecule has 2 saturated heterocycles. The summed E-state index contributed by atoms with van der Waals surface area (Å²) < 4.78 is 9.94. The Hall–Kier alpha value is -3.20. The first-order chi connectivity index (χ1) is 18.0. The van der Waals surface area contributed by atoms with E-state index in [4.69, 9.17) is 4.74 Å². The molecule has 0 unspecified atom stereocenters. The second kappa shape index (κ2) is 9.93. The van der Waals surface area contributed by atoms with Crippen molar-refractivity contribution < 1.29 is 9.84 Å². The van der Waals surface area contributed by atoms with Crippen molar-refractivity contribution >= 4 is 0 Å². The molecule has 0 aliphatic carbocycles. The van der Waals surface area contributed by atoms with Crippen LogP contribution in [0.1, 0.15) is 41.1 Å². The fourth-order valence-corrected chi connectivity index (χ4v) is 6.40. The molecule has 5 heterocycles. The Bertz CT molecular complexity index is 1400. The monoisotopic (exact) mass is 502 g/mol. The Balaban J connectivity index is 1.21. The zero-order valence-electron chi connectivity index (χ0n) is 21.3. The SMILES string of the molecule is Cn1c(CN2C[C@@H]3C[C@@H](C2)c2cccc(=O)n2C3)cc(=O)c(O)c1CN1CCO[C@H](c2ccccc2)C1. The summed E-state index contributed by atoms with van der Waals surface area (Å²) in [6.07, 6.45) is 1.07. The number of benzene rings is 1. The van der Waals surface area contributed by atoms with Gasteiger partial charge in [0.15, 0.2) is 5.75 Å². The van der Waals surface area contributed by atoms with Crippen LogP contribution in [0, 0.1) is 5.92 Å². The molecule has 8 heteroatoms. The van der Waals surface area contributed by atoms with Crippen molar-refractivity contribution in [1.29, 1.82) is 0 Å². The quantitative estimate of drug-likeness (QED) is 0.578. The van der Waals surface area contributed by atoms with Crippen LogP contribution >= 0.6 is 0 Å². The maximum Gasteiger partial charge on any atom is 0.250 e. The molecule has 8 nitrogen and oxygen atoms in total. The summed E-state index contributed by atoms with van der Waals surface area (Å²) in [6.45, 7) is 5.68. The van der Waals surface area contributed by atoms with Gasteiger partial charge in [0.1, 0.15) is 0 Å². The van der Waals surface area contributed by atoms with Gasteiger partial charge in [0.2, 0.25) is 5.43 Å². The molecule has 3 aromatic rings. The van der Waals surface area contributed by atoms with Crippen molar-refractivity contribution in [2.24, 2.45) is 13.0 Å². The summed E-state index contributed by atoms with van der Waals surface area (Å²) in [5.74, 6) is 0.569. The number of ether oxygens (including phenoxy) is 1. The number of hydrogen-bond donors (Lipinski definition) is 1. The second-order valence-corrected chi connectivity index (χ2v) is 10.8. The van der Waals surface area contributed by atoms with E-state index in [0.717, 1.165) is 49.6 Å². The predicted molar refractivity (Wildman–Crippen MR) is 141 cm³/mol. The lowest BCUT2D eigenvalue weighted by Crippen LogP contribution is -2.47. The zero-order valence-corrected chi connectivity index (χ0v) is 21.3. The maximum absolute atomic E-state index is 12.8. The van der Waals surface area contributed by atoms with Crippen molar-refractivity contribution in [3.63, 3.8) is 0 Å². The molecule has 3 aliphatic rings. The van der Waals surface area contributed by atoms with E-state index in [1.165, 1.54) is 0 Å². The molecule has 0 radical (unpaired) electrons. The molecule has 3 atom stereocenters. The highest BCUT2D eigenvalue weighted by molar-refractivity contribution is 5.30. The molecule has 37 heavy (non-hydrogen) atoms. The zero-order chi connectivity index (χ0) is 25.5. The van der Waals surface area contributed by atoms with Crippen LogP contribution in [0.15, 0.2) is 64.2 Å². The predicted octanol–water partition coefficient (Wildman–Crippen LogP) is 2.45. The molecule has 0 saturated carbocycles. The first-order valence-corrected chi connectivity index (χ1v) is 13.2. The average Bonchev–Trinajstić information content (AvgIpc) is 2.91. The molecular weight excluding hydrogens is 468 g/mol. The summed E-state index contributed by atoms with van der Waals surface area (Å²) in [6, 6.07) is 17.3. The number of aromatic hydroxyl groups is 1. The van der Waals surface area contributed by atoms with Gasteiger partial charge in [-0.1, -0.05) is 36.4 Å². The van der Waals surface area contributed by atoms with E-state index in [1.807, 2.05) is 40.4 Å². The Labute approximate surface area is 216 Å². The van der Waals surface area contributed by atoms with E-state index >= 15 is 0 Å². The highest BCUT2D eigenvalue weighted by Crippen LogP contribution is 2.35. The van der Waals surface area contributed by atoms with Crippen molar-refractivity contribution in [1.82, 2.24) is 18.9 Å². The van der Waals surface area contributed by atoms with E-state index in [2.05, 4.69) is 28.0 Å². The van der Waals surface area contributed by atoms with Crippen LogP contribution in [0.3, 0.4) is 0 Å². The van der Waals surface area contributed by atoms with Gasteiger partial charge in [-0.15, -0.1) is 0 Å². The molecule has 2 aromatic heterocycles. The van der Waals surface area contributed by atoms with Crippen LogP contribution in [0.5, 0.6) is 5.75 Å². The van der Waals surface area contributed by atoms with Gasteiger partial charge >= 0.3 is 0 Å². The van der Waals surface area contributed by atoms with E-state index in [1.54, 1.807) is 12.1 Å². The first-order valence-electron chi connectivity index (χ1n) is 13.2. The van der Waals surface area contributed by atoms with Crippen LogP contribution in [0.2, 0.25) is 0 Å². The van der Waals surface area contributed by atoms with Crippen LogP contribution in [-0.4, -0.2) is 56.8 Å². The lowest BCUT2D eigenvalue weighted by molar-refractivity contribution is -0.0338. The van der Waals surface area contributed by atoms with Gasteiger partial charge in [-0.05, 0) is 24.0 Å². The van der Waals surface area contributed by atoms with Crippen molar-refractivity contribution in [2.75, 3.05) is 32.8 Å². The number of piperidine rings is 1. The average molecular weight is 503 g/mol. The molecule has 6 rings (SSSR count). The molecule has 1 N–H and O–H groups in total. The fraction of sp³-hybridized carbons (Fsp3) is 0.448. The molecular formula is C29H34N4O4. The van der Waals surface area contributed by atoms with Crippen molar-refractivity contribution in [3.05, 3.63) is 97.8 Å². The lowest BCUT2D eigenvalue weighted by Gasteiger charge is -2.43. The molecule has 194 valence electrons. The van der Waals surface area contributed by atoms with E-state index in [-0.39, 0.29) is 22.8 Å². The van der Waals surface area contributed by atoms with Crippen LogP contribution < -0.4 is 11.0 Å². The van der Waals surface area contributed by atoms with Crippen LogP contribution in [0.25, 0.3) is 0 Å². The van der Waals surface area contributed by atoms with Gasteiger partial charge < -0.3 is 19.0 Å². The number of morpholine rings is 1. The van der Waals surface area contributed by atoms with Gasteiger partial charge in [-0.3, -0.25) is 19.4 Å². The normalized spacial score (nSPS) is 24.1. The minimum atomic E-state index is -0.329. The number of pyridine rings is 2. The number of hydrogen-bond acceptors (Lipinski definition) is 6. The maximum atomic E-state index is 12.8. The fourth-order valence-electron chi connectivity index (χ4n) is 6.40. The minimum absolute atomic E-state index is 0.0274. The Kier molecular flexibility index (Phi) is 6.48. The Morgan fingerprint density at radius 2 is 1.78 bits per heavy atom. The number of nitrogens with zero attached hydrogens (tertiary/aromatic N) is 4. The summed E-state index contributed by atoms with van der Waals surface area (Å²) in [7, 11) is 1.94. The lowest BCUT2D eigenvalue weighted by atomic mass is 9.83. The van der Waals surface area contributed by atoms with Crippen LogP contribution in [-0.2, 0) is 31.4 Å². The highest BCUT2D eigenvalue weighted by atomic mass is 16.5. The van der Waals surface area contributed by atoms with Crippen LogP contribution in [0.4, 0.5) is 0 Å². The third-order valence-electron chi connectivity index (χ3n) is 8.28. The van der Waals surface area contributed by atoms with Gasteiger partial charge in [0.05, 0.1) is 18.4 Å². The number of aromatic nitrogens is 2. The number of fused-ring (bicyclic) bond motifs is 4. The van der Waals surface area contributed by atoms with Gasteiger partial charge in [0.25, 0.3) is 5.56 Å². The summed E-state index contributed by atoms with van der Waals surface area (Å²) in [5.41, 5.74) is 3.56. The summed E-state index contributed by atoms with van der Waals surface area (Å²) in [5, 5.41) is 10.8. The van der Waals surface area contributed by atoms with Gasteiger partial charge in [-0.25, -0.2) is 0 Å². The van der Waals surface area contributed by atoms with Gasteiger partial charge in [-0.2, -0.15) is 0 Å². The standard InChI is InChI=1S/C29H34N4O4/c1-30-23(17-32-14-20-12-22(16-32)24-8-5-9-28(35)33(24)15-20)13-26(34)29(36)25(30)18-31-10-11-37-27(19-31)21-6-3-2-4-7-21/h2-9,13,20,22,27,36H,10-12,14-19H2,1H3/t20-,22-,27-/m0/s1. The molecule has 1 aromatic carbocycles. The van der Waals surface area contributed by atoms with E-state index in [9.17, 15) is 14.7 Å². The second-order valence-electron chi connectivity index (χ2n) is 10.8. The van der Waals surface area contributed by atoms with Gasteiger partial charge in [0, 0.05) is 82.3 Å².